The van der Waals surface area contributed by atoms with Crippen molar-refractivity contribution in [1.29, 1.82) is 0 Å². The molecule has 4 aromatic rings. The van der Waals surface area contributed by atoms with Gasteiger partial charge in [0.25, 0.3) is 0 Å². The Bertz CT molecular complexity index is 1350. The summed E-state index contributed by atoms with van der Waals surface area (Å²) in [6.45, 7) is 4.93. The highest BCUT2D eigenvalue weighted by Gasteiger charge is 2.22. The van der Waals surface area contributed by atoms with Crippen LogP contribution < -0.4 is 19.7 Å². The Hall–Kier alpha value is -4.53. The van der Waals surface area contributed by atoms with Gasteiger partial charge in [-0.2, -0.15) is 0 Å². The van der Waals surface area contributed by atoms with Gasteiger partial charge >= 0.3 is 6.03 Å². The summed E-state index contributed by atoms with van der Waals surface area (Å²) in [5.41, 5.74) is 2.86. The minimum atomic E-state index is -0.0793. The van der Waals surface area contributed by atoms with E-state index in [0.29, 0.717) is 42.9 Å². The molecule has 5 rings (SSSR count). The molecule has 0 atom stereocenters. The molecule has 2 aromatic carbocycles. The zero-order chi connectivity index (χ0) is 25.6. The zero-order valence-electron chi connectivity index (χ0n) is 20.9. The van der Waals surface area contributed by atoms with Crippen LogP contribution in [0.5, 0.6) is 17.4 Å². The van der Waals surface area contributed by atoms with Gasteiger partial charge in [-0.3, -0.25) is 0 Å². The van der Waals surface area contributed by atoms with Crippen LogP contribution in [-0.2, 0) is 6.54 Å². The molecular formula is C28H29N5O4. The maximum absolute atomic E-state index is 12.8. The van der Waals surface area contributed by atoms with Crippen LogP contribution in [0.25, 0.3) is 11.3 Å². The quantitative estimate of drug-likeness (QED) is 0.387. The van der Waals surface area contributed by atoms with Gasteiger partial charge < -0.3 is 29.0 Å². The van der Waals surface area contributed by atoms with Gasteiger partial charge in [0.1, 0.15) is 11.5 Å². The highest BCUT2D eigenvalue weighted by molar-refractivity contribution is 5.75. The van der Waals surface area contributed by atoms with Crippen LogP contribution in [0.2, 0.25) is 0 Å². The number of amides is 2. The Balaban J connectivity index is 1.14. The van der Waals surface area contributed by atoms with Crippen molar-refractivity contribution in [3.8, 4) is 28.7 Å². The highest BCUT2D eigenvalue weighted by atomic mass is 16.5. The van der Waals surface area contributed by atoms with E-state index in [1.807, 2.05) is 66.4 Å². The van der Waals surface area contributed by atoms with Gasteiger partial charge in [-0.1, -0.05) is 18.2 Å². The lowest BCUT2D eigenvalue weighted by molar-refractivity contribution is 0.194. The van der Waals surface area contributed by atoms with Crippen LogP contribution in [0.15, 0.2) is 77.5 Å². The summed E-state index contributed by atoms with van der Waals surface area (Å²) in [6, 6.07) is 19.1. The molecule has 3 heterocycles. The Morgan fingerprint density at radius 2 is 1.89 bits per heavy atom. The van der Waals surface area contributed by atoms with E-state index in [1.54, 1.807) is 25.6 Å². The monoisotopic (exact) mass is 499 g/mol. The van der Waals surface area contributed by atoms with E-state index in [1.165, 1.54) is 0 Å². The SMILES string of the molecule is COc1cc(N2CCN(C(=O)NCc3cccc(Oc4ccccn4)c3)CC2)ccc1-c1cnc(C)o1. The number of piperazine rings is 1. The molecule has 0 bridgehead atoms. The number of aryl methyl sites for hydroxylation is 1. The van der Waals surface area contributed by atoms with Gasteiger partial charge in [0.15, 0.2) is 11.7 Å². The van der Waals surface area contributed by atoms with Crippen molar-refractivity contribution >= 4 is 11.7 Å². The summed E-state index contributed by atoms with van der Waals surface area (Å²) in [4.78, 5) is 25.3. The standard InChI is InChI=1S/C28H29N5O4/c1-20-30-19-26(36-20)24-10-9-22(17-25(24)35-2)32-12-14-33(15-13-32)28(34)31-18-21-6-5-7-23(16-21)37-27-8-3-4-11-29-27/h3-11,16-17,19H,12-15,18H2,1-2H3,(H,31,34). The number of benzene rings is 2. The van der Waals surface area contributed by atoms with Crippen molar-refractivity contribution in [1.82, 2.24) is 20.2 Å². The maximum atomic E-state index is 12.8. The first-order valence-electron chi connectivity index (χ1n) is 12.2. The molecule has 1 fully saturated rings. The van der Waals surface area contributed by atoms with E-state index < -0.39 is 0 Å². The number of hydrogen-bond donors (Lipinski definition) is 1. The van der Waals surface area contributed by atoms with E-state index in [9.17, 15) is 4.79 Å². The van der Waals surface area contributed by atoms with Crippen molar-refractivity contribution in [3.63, 3.8) is 0 Å². The van der Waals surface area contributed by atoms with Crippen molar-refractivity contribution in [3.05, 3.63) is 84.5 Å². The average Bonchev–Trinajstić information content (AvgIpc) is 3.38. The van der Waals surface area contributed by atoms with Gasteiger partial charge in [-0.05, 0) is 35.9 Å². The second-order valence-corrected chi connectivity index (χ2v) is 8.68. The number of pyridine rings is 1. The third-order valence-corrected chi connectivity index (χ3v) is 6.21. The third-order valence-electron chi connectivity index (χ3n) is 6.21. The lowest BCUT2D eigenvalue weighted by Crippen LogP contribution is -2.51. The summed E-state index contributed by atoms with van der Waals surface area (Å²) >= 11 is 0. The number of rotatable bonds is 7. The molecule has 1 aliphatic rings. The number of aromatic nitrogens is 2. The van der Waals surface area contributed by atoms with Crippen LogP contribution in [0.1, 0.15) is 11.5 Å². The smallest absolute Gasteiger partial charge is 0.317 e. The van der Waals surface area contributed by atoms with E-state index in [0.717, 1.165) is 35.7 Å². The predicted octanol–water partition coefficient (Wildman–Crippen LogP) is 4.88. The van der Waals surface area contributed by atoms with Gasteiger partial charge in [0.05, 0.1) is 18.9 Å². The van der Waals surface area contributed by atoms with Crippen LogP contribution >= 0.6 is 0 Å². The fourth-order valence-electron chi connectivity index (χ4n) is 4.27. The maximum Gasteiger partial charge on any atom is 0.317 e. The summed E-state index contributed by atoms with van der Waals surface area (Å²) in [7, 11) is 1.65. The average molecular weight is 500 g/mol. The molecule has 1 aliphatic heterocycles. The van der Waals surface area contributed by atoms with Crippen molar-refractivity contribution in [2.75, 3.05) is 38.2 Å². The van der Waals surface area contributed by atoms with Gasteiger partial charge in [-0.25, -0.2) is 14.8 Å². The molecule has 9 heteroatoms. The number of ether oxygens (including phenoxy) is 2. The largest absolute Gasteiger partial charge is 0.496 e. The molecule has 190 valence electrons. The molecule has 2 aromatic heterocycles. The number of carbonyl (C=O) groups is 1. The van der Waals surface area contributed by atoms with Crippen molar-refractivity contribution in [2.24, 2.45) is 0 Å². The minimum absolute atomic E-state index is 0.0793. The van der Waals surface area contributed by atoms with Crippen LogP contribution in [0, 0.1) is 6.92 Å². The number of urea groups is 1. The number of nitrogens with zero attached hydrogens (tertiary/aromatic N) is 4. The number of hydrogen-bond acceptors (Lipinski definition) is 7. The molecule has 37 heavy (non-hydrogen) atoms. The molecule has 0 aliphatic carbocycles. The summed E-state index contributed by atoms with van der Waals surface area (Å²) in [5, 5.41) is 3.02. The molecule has 0 radical (unpaired) electrons. The Morgan fingerprint density at radius 3 is 2.62 bits per heavy atom. The molecule has 2 amide bonds. The minimum Gasteiger partial charge on any atom is -0.496 e. The summed E-state index contributed by atoms with van der Waals surface area (Å²) < 4.78 is 17.1. The molecule has 0 saturated carbocycles. The van der Waals surface area contributed by atoms with Crippen molar-refractivity contribution < 1.29 is 18.7 Å². The van der Waals surface area contributed by atoms with Crippen LogP contribution in [-0.4, -0.2) is 54.2 Å². The zero-order valence-corrected chi connectivity index (χ0v) is 20.9. The Labute approximate surface area is 215 Å². The number of oxazole rings is 1. The van der Waals surface area contributed by atoms with Gasteiger partial charge in [-0.15, -0.1) is 0 Å². The fraction of sp³-hybridized carbons (Fsp3) is 0.250. The second kappa shape index (κ2) is 11.0. The number of nitrogens with one attached hydrogen (secondary N) is 1. The highest BCUT2D eigenvalue weighted by Crippen LogP contribution is 2.34. The van der Waals surface area contributed by atoms with Gasteiger partial charge in [0, 0.05) is 63.7 Å². The summed E-state index contributed by atoms with van der Waals surface area (Å²) in [5.74, 6) is 3.22. The second-order valence-electron chi connectivity index (χ2n) is 8.68. The molecule has 1 saturated heterocycles. The summed E-state index contributed by atoms with van der Waals surface area (Å²) in [6.07, 6.45) is 3.39. The van der Waals surface area contributed by atoms with Gasteiger partial charge in [0.2, 0.25) is 5.88 Å². The van der Waals surface area contributed by atoms with E-state index >= 15 is 0 Å². The predicted molar refractivity (Wildman–Crippen MR) is 140 cm³/mol. The molecule has 9 nitrogen and oxygen atoms in total. The van der Waals surface area contributed by atoms with Crippen LogP contribution in [0.3, 0.4) is 0 Å². The molecule has 0 spiro atoms. The lowest BCUT2D eigenvalue weighted by atomic mass is 10.1. The topological polar surface area (TPSA) is 93.0 Å². The normalized spacial score (nSPS) is 13.4. The number of methoxy groups -OCH3 is 1. The number of carbonyl (C=O) groups excluding carboxylic acids is 1. The molecule has 0 unspecified atom stereocenters. The first-order valence-corrected chi connectivity index (χ1v) is 12.2. The fourth-order valence-corrected chi connectivity index (χ4v) is 4.27. The van der Waals surface area contributed by atoms with Crippen LogP contribution in [0.4, 0.5) is 10.5 Å². The molecular weight excluding hydrogens is 470 g/mol. The number of anilines is 1. The lowest BCUT2D eigenvalue weighted by Gasteiger charge is -2.36. The first kappa shape index (κ1) is 24.2. The molecule has 1 N–H and O–H groups in total. The van der Waals surface area contributed by atoms with E-state index in [-0.39, 0.29) is 6.03 Å². The Kier molecular flexibility index (Phi) is 7.21. The Morgan fingerprint density at radius 1 is 1.03 bits per heavy atom. The third kappa shape index (κ3) is 5.83. The first-order chi connectivity index (χ1) is 18.1. The van der Waals surface area contributed by atoms with E-state index in [2.05, 4.69) is 20.2 Å². The van der Waals surface area contributed by atoms with Crippen molar-refractivity contribution in [2.45, 2.75) is 13.5 Å². The van der Waals surface area contributed by atoms with E-state index in [4.69, 9.17) is 13.9 Å².